The summed E-state index contributed by atoms with van der Waals surface area (Å²) in [7, 11) is 0. The first kappa shape index (κ1) is 21.9. The standard InChI is InChI=1S/C26H26ClN3O2/c1-19-8-10-20(11-9-19)17-30-24-6-3-2-5-23(24)29-25(30)7-4-16-28-26(31)18-32-22-14-12-21(27)13-15-22/h2-3,5-6,8-15H,4,7,16-18H2,1H3,(H,28,31). The predicted molar refractivity (Wildman–Crippen MR) is 128 cm³/mol. The van der Waals surface area contributed by atoms with E-state index in [2.05, 4.69) is 47.1 Å². The minimum Gasteiger partial charge on any atom is -0.484 e. The molecule has 0 bridgehead atoms. The minimum atomic E-state index is -0.145. The van der Waals surface area contributed by atoms with Crippen molar-refractivity contribution in [2.24, 2.45) is 0 Å². The molecule has 164 valence electrons. The van der Waals surface area contributed by atoms with Crippen molar-refractivity contribution in [3.8, 4) is 5.75 Å². The number of rotatable bonds is 9. The Hall–Kier alpha value is -3.31. The summed E-state index contributed by atoms with van der Waals surface area (Å²) in [6.45, 7) is 3.41. The highest BCUT2D eigenvalue weighted by Crippen LogP contribution is 2.19. The van der Waals surface area contributed by atoms with Crippen LogP contribution in [0.15, 0.2) is 72.8 Å². The van der Waals surface area contributed by atoms with Gasteiger partial charge in [-0.3, -0.25) is 4.79 Å². The van der Waals surface area contributed by atoms with Gasteiger partial charge in [0.15, 0.2) is 6.61 Å². The van der Waals surface area contributed by atoms with Gasteiger partial charge in [0.25, 0.3) is 5.91 Å². The molecule has 0 aliphatic heterocycles. The minimum absolute atomic E-state index is 0.0203. The number of carbonyl (C=O) groups excluding carboxylic acids is 1. The molecule has 1 N–H and O–H groups in total. The molecule has 5 nitrogen and oxygen atoms in total. The quantitative estimate of drug-likeness (QED) is 0.360. The van der Waals surface area contributed by atoms with E-state index >= 15 is 0 Å². The largest absolute Gasteiger partial charge is 0.484 e. The second kappa shape index (κ2) is 10.3. The van der Waals surface area contributed by atoms with Gasteiger partial charge in [-0.25, -0.2) is 4.98 Å². The van der Waals surface area contributed by atoms with Crippen LogP contribution in [0.25, 0.3) is 11.0 Å². The van der Waals surface area contributed by atoms with Gasteiger partial charge in [-0.2, -0.15) is 0 Å². The number of hydrogen-bond donors (Lipinski definition) is 1. The highest BCUT2D eigenvalue weighted by Gasteiger charge is 2.11. The Kier molecular flexibility index (Phi) is 7.07. The summed E-state index contributed by atoms with van der Waals surface area (Å²) in [5.41, 5.74) is 4.62. The lowest BCUT2D eigenvalue weighted by Gasteiger charge is -2.11. The number of nitrogens with zero attached hydrogens (tertiary/aromatic N) is 2. The maximum Gasteiger partial charge on any atom is 0.257 e. The van der Waals surface area contributed by atoms with E-state index < -0.39 is 0 Å². The molecular formula is C26H26ClN3O2. The molecule has 6 heteroatoms. The van der Waals surface area contributed by atoms with Gasteiger partial charge in [0, 0.05) is 24.5 Å². The lowest BCUT2D eigenvalue weighted by Crippen LogP contribution is -2.30. The SMILES string of the molecule is Cc1ccc(Cn2c(CCCNC(=O)COc3ccc(Cl)cc3)nc3ccccc32)cc1. The molecule has 1 aromatic heterocycles. The molecule has 0 aliphatic rings. The van der Waals surface area contributed by atoms with Gasteiger partial charge in [-0.05, 0) is 55.3 Å². The van der Waals surface area contributed by atoms with E-state index in [0.717, 1.165) is 36.2 Å². The lowest BCUT2D eigenvalue weighted by molar-refractivity contribution is -0.123. The molecule has 4 rings (SSSR count). The third-order valence-corrected chi connectivity index (χ3v) is 5.53. The average Bonchev–Trinajstić information content (AvgIpc) is 3.15. The molecular weight excluding hydrogens is 422 g/mol. The molecule has 1 heterocycles. The van der Waals surface area contributed by atoms with Crippen molar-refractivity contribution in [2.75, 3.05) is 13.2 Å². The molecule has 0 saturated heterocycles. The molecule has 0 radical (unpaired) electrons. The predicted octanol–water partition coefficient (Wildman–Crippen LogP) is 5.17. The number of aryl methyl sites for hydroxylation is 2. The maximum atomic E-state index is 12.1. The number of carbonyl (C=O) groups is 1. The van der Waals surface area contributed by atoms with Crippen molar-refractivity contribution in [2.45, 2.75) is 26.3 Å². The van der Waals surface area contributed by atoms with E-state index in [1.165, 1.54) is 11.1 Å². The molecule has 0 unspecified atom stereocenters. The Morgan fingerprint density at radius 2 is 1.78 bits per heavy atom. The summed E-state index contributed by atoms with van der Waals surface area (Å²) in [5.74, 6) is 1.50. The number of imidazole rings is 1. The fourth-order valence-corrected chi connectivity index (χ4v) is 3.70. The van der Waals surface area contributed by atoms with E-state index in [1.54, 1.807) is 24.3 Å². The molecule has 0 aliphatic carbocycles. The van der Waals surface area contributed by atoms with Crippen LogP contribution in [0.3, 0.4) is 0 Å². The zero-order chi connectivity index (χ0) is 22.3. The van der Waals surface area contributed by atoms with Gasteiger partial charge >= 0.3 is 0 Å². The van der Waals surface area contributed by atoms with Crippen LogP contribution in [0, 0.1) is 6.92 Å². The van der Waals surface area contributed by atoms with E-state index in [-0.39, 0.29) is 12.5 Å². The van der Waals surface area contributed by atoms with Crippen LogP contribution in [-0.2, 0) is 17.8 Å². The third-order valence-electron chi connectivity index (χ3n) is 5.28. The summed E-state index contributed by atoms with van der Waals surface area (Å²) in [4.78, 5) is 16.9. The summed E-state index contributed by atoms with van der Waals surface area (Å²) < 4.78 is 7.75. The Morgan fingerprint density at radius 3 is 2.56 bits per heavy atom. The summed E-state index contributed by atoms with van der Waals surface area (Å²) >= 11 is 5.86. The highest BCUT2D eigenvalue weighted by atomic mass is 35.5. The Bertz CT molecular complexity index is 1180. The van der Waals surface area contributed by atoms with Gasteiger partial charge in [0.1, 0.15) is 11.6 Å². The molecule has 0 saturated carbocycles. The number of aromatic nitrogens is 2. The number of amides is 1. The smallest absolute Gasteiger partial charge is 0.257 e. The first-order valence-corrected chi connectivity index (χ1v) is 11.1. The van der Waals surface area contributed by atoms with Crippen LogP contribution in [0.1, 0.15) is 23.4 Å². The number of ether oxygens (including phenoxy) is 1. The Balaban J connectivity index is 1.33. The van der Waals surface area contributed by atoms with E-state index in [4.69, 9.17) is 21.3 Å². The van der Waals surface area contributed by atoms with Gasteiger partial charge in [0.05, 0.1) is 11.0 Å². The number of para-hydroxylation sites is 2. The van der Waals surface area contributed by atoms with Crippen LogP contribution in [0.5, 0.6) is 5.75 Å². The van der Waals surface area contributed by atoms with Gasteiger partial charge in [0.2, 0.25) is 0 Å². The van der Waals surface area contributed by atoms with Crippen LogP contribution in [-0.4, -0.2) is 28.6 Å². The zero-order valence-corrected chi connectivity index (χ0v) is 18.8. The highest BCUT2D eigenvalue weighted by molar-refractivity contribution is 6.30. The topological polar surface area (TPSA) is 56.2 Å². The molecule has 0 atom stereocenters. The lowest BCUT2D eigenvalue weighted by atomic mass is 10.1. The Morgan fingerprint density at radius 1 is 1.03 bits per heavy atom. The van der Waals surface area contributed by atoms with Crippen LogP contribution in [0.4, 0.5) is 0 Å². The van der Waals surface area contributed by atoms with E-state index in [9.17, 15) is 4.79 Å². The second-order valence-corrected chi connectivity index (χ2v) is 8.22. The molecule has 0 spiro atoms. The normalized spacial score (nSPS) is 10.9. The van der Waals surface area contributed by atoms with Gasteiger partial charge in [-0.15, -0.1) is 0 Å². The Labute approximate surface area is 193 Å². The van der Waals surface area contributed by atoms with Gasteiger partial charge in [-0.1, -0.05) is 53.6 Å². The summed E-state index contributed by atoms with van der Waals surface area (Å²) in [6.07, 6.45) is 1.57. The molecule has 1 amide bonds. The number of fused-ring (bicyclic) bond motifs is 1. The molecule has 4 aromatic rings. The van der Waals surface area contributed by atoms with Crippen LogP contribution in [0.2, 0.25) is 5.02 Å². The van der Waals surface area contributed by atoms with E-state index in [1.807, 2.05) is 18.2 Å². The summed E-state index contributed by atoms with van der Waals surface area (Å²) in [6, 6.07) is 23.7. The van der Waals surface area contributed by atoms with Crippen molar-refractivity contribution < 1.29 is 9.53 Å². The maximum absolute atomic E-state index is 12.1. The van der Waals surface area contributed by atoms with Crippen molar-refractivity contribution >= 4 is 28.5 Å². The number of hydrogen-bond acceptors (Lipinski definition) is 3. The van der Waals surface area contributed by atoms with Gasteiger partial charge < -0.3 is 14.6 Å². The summed E-state index contributed by atoms with van der Waals surface area (Å²) in [5, 5.41) is 3.55. The zero-order valence-electron chi connectivity index (χ0n) is 18.1. The van der Waals surface area contributed by atoms with Crippen LogP contribution < -0.4 is 10.1 Å². The second-order valence-electron chi connectivity index (χ2n) is 7.78. The third kappa shape index (κ3) is 5.68. The van der Waals surface area contributed by atoms with Crippen molar-refractivity contribution in [1.29, 1.82) is 0 Å². The van der Waals surface area contributed by atoms with Crippen LogP contribution >= 0.6 is 11.6 Å². The molecule has 3 aromatic carbocycles. The fraction of sp³-hybridized carbons (Fsp3) is 0.231. The molecule has 32 heavy (non-hydrogen) atoms. The first-order valence-electron chi connectivity index (χ1n) is 10.7. The van der Waals surface area contributed by atoms with Crippen molar-refractivity contribution in [1.82, 2.24) is 14.9 Å². The average molecular weight is 448 g/mol. The molecule has 0 fully saturated rings. The number of halogens is 1. The fourth-order valence-electron chi connectivity index (χ4n) is 3.57. The van der Waals surface area contributed by atoms with E-state index in [0.29, 0.717) is 17.3 Å². The van der Waals surface area contributed by atoms with Crippen molar-refractivity contribution in [3.05, 3.63) is 94.8 Å². The monoisotopic (exact) mass is 447 g/mol. The van der Waals surface area contributed by atoms with Crippen molar-refractivity contribution in [3.63, 3.8) is 0 Å². The first-order chi connectivity index (χ1) is 15.6. The number of benzene rings is 3. The number of nitrogens with one attached hydrogen (secondary N) is 1.